The van der Waals surface area contributed by atoms with Crippen molar-refractivity contribution in [1.82, 2.24) is 25.5 Å². The molecule has 1 amide bonds. The van der Waals surface area contributed by atoms with Crippen molar-refractivity contribution in [2.45, 2.75) is 52.1 Å². The normalized spacial score (nSPS) is 12.1. The molecule has 0 aliphatic heterocycles. The Kier molecular flexibility index (Phi) is 6.19. The fourth-order valence-corrected chi connectivity index (χ4v) is 2.27. The molecule has 0 aliphatic rings. The quantitative estimate of drug-likeness (QED) is 0.759. The molecule has 0 unspecified atom stereocenters. The van der Waals surface area contributed by atoms with E-state index in [1.807, 2.05) is 6.92 Å². The van der Waals surface area contributed by atoms with Gasteiger partial charge in [-0.15, -0.1) is 10.2 Å². The van der Waals surface area contributed by atoms with Crippen molar-refractivity contribution >= 4 is 5.91 Å². The lowest BCUT2D eigenvalue weighted by Gasteiger charge is -2.12. The summed E-state index contributed by atoms with van der Waals surface area (Å²) in [5, 5.41) is 14.7. The number of benzene rings is 1. The minimum absolute atomic E-state index is 0.000430. The van der Waals surface area contributed by atoms with Gasteiger partial charge < -0.3 is 5.32 Å². The van der Waals surface area contributed by atoms with Crippen molar-refractivity contribution in [1.29, 1.82) is 0 Å². The van der Waals surface area contributed by atoms with Crippen molar-refractivity contribution in [2.75, 3.05) is 0 Å². The predicted molar refractivity (Wildman–Crippen MR) is 85.0 cm³/mol. The molecule has 0 bridgehead atoms. The Hall–Kier alpha value is -2.31. The molecule has 1 atom stereocenters. The van der Waals surface area contributed by atoms with Gasteiger partial charge in [0.05, 0.1) is 0 Å². The molecule has 1 aromatic carbocycles. The minimum atomic E-state index is -0.363. The van der Waals surface area contributed by atoms with E-state index in [4.69, 9.17) is 0 Å². The number of aromatic nitrogens is 4. The van der Waals surface area contributed by atoms with Crippen LogP contribution in [-0.2, 0) is 11.3 Å². The predicted octanol–water partition coefficient (Wildman–Crippen LogP) is 2.56. The molecule has 0 fully saturated rings. The van der Waals surface area contributed by atoms with Crippen molar-refractivity contribution in [3.63, 3.8) is 0 Å². The van der Waals surface area contributed by atoms with Crippen LogP contribution in [0.5, 0.6) is 0 Å². The van der Waals surface area contributed by atoms with Crippen LogP contribution in [0.2, 0.25) is 0 Å². The molecule has 0 saturated heterocycles. The number of carbonyl (C=O) groups excluding carboxylic acids is 1. The lowest BCUT2D eigenvalue weighted by atomic mass is 10.1. The average Bonchev–Trinajstić information content (AvgIpc) is 2.95. The van der Waals surface area contributed by atoms with Gasteiger partial charge in [0.15, 0.2) is 0 Å². The van der Waals surface area contributed by atoms with Gasteiger partial charge in [-0.3, -0.25) is 4.79 Å². The summed E-state index contributed by atoms with van der Waals surface area (Å²) in [7, 11) is 0. The molecule has 0 saturated carbocycles. The van der Waals surface area contributed by atoms with E-state index in [1.54, 1.807) is 12.1 Å². The molecular formula is C16H22FN5O. The van der Waals surface area contributed by atoms with Gasteiger partial charge in [0.2, 0.25) is 11.7 Å². The maximum atomic E-state index is 13.2. The number of unbranched alkanes of at least 4 members (excludes halogenated alkanes) is 2. The van der Waals surface area contributed by atoms with Gasteiger partial charge in [-0.05, 0) is 30.7 Å². The molecule has 1 N–H and O–H groups in total. The first-order valence-electron chi connectivity index (χ1n) is 7.91. The van der Waals surface area contributed by atoms with Crippen molar-refractivity contribution in [3.8, 4) is 11.4 Å². The van der Waals surface area contributed by atoms with Crippen LogP contribution in [0.4, 0.5) is 4.39 Å². The first-order chi connectivity index (χ1) is 11.1. The largest absolute Gasteiger partial charge is 0.352 e. The summed E-state index contributed by atoms with van der Waals surface area (Å²) in [5.74, 6) is -0.219. The highest BCUT2D eigenvalue weighted by Crippen LogP contribution is 2.14. The van der Waals surface area contributed by atoms with Crippen LogP contribution in [-0.4, -0.2) is 32.2 Å². The topological polar surface area (TPSA) is 72.7 Å². The van der Waals surface area contributed by atoms with Crippen LogP contribution >= 0.6 is 0 Å². The lowest BCUT2D eigenvalue weighted by Crippen LogP contribution is -2.35. The van der Waals surface area contributed by atoms with E-state index >= 15 is 0 Å². The molecule has 2 rings (SSSR count). The van der Waals surface area contributed by atoms with E-state index in [0.29, 0.717) is 11.4 Å². The second-order valence-corrected chi connectivity index (χ2v) is 5.62. The maximum absolute atomic E-state index is 13.2. The fourth-order valence-electron chi connectivity index (χ4n) is 2.27. The summed E-state index contributed by atoms with van der Waals surface area (Å²) in [5.41, 5.74) is 0.532. The zero-order valence-corrected chi connectivity index (χ0v) is 13.5. The standard InChI is InChI=1S/C16H22FN5O/c1-3-4-5-7-12(2)18-15(23)11-22-20-16(19-21-22)13-8-6-9-14(17)10-13/h6,8-10,12H,3-5,7,11H2,1-2H3,(H,18,23)/t12-/m0/s1. The Morgan fingerprint density at radius 2 is 2.22 bits per heavy atom. The zero-order chi connectivity index (χ0) is 16.7. The van der Waals surface area contributed by atoms with Crippen LogP contribution in [0.15, 0.2) is 24.3 Å². The summed E-state index contributed by atoms with van der Waals surface area (Å²) in [6.45, 7) is 4.14. The smallest absolute Gasteiger partial charge is 0.243 e. The number of nitrogens with one attached hydrogen (secondary N) is 1. The molecule has 1 aromatic heterocycles. The summed E-state index contributed by atoms with van der Waals surface area (Å²) in [6, 6.07) is 6.08. The van der Waals surface area contributed by atoms with Gasteiger partial charge in [-0.25, -0.2) is 4.39 Å². The summed E-state index contributed by atoms with van der Waals surface area (Å²) < 4.78 is 13.2. The second kappa shape index (κ2) is 8.36. The number of amides is 1. The number of carbonyl (C=O) groups is 1. The van der Waals surface area contributed by atoms with Crippen LogP contribution in [0.25, 0.3) is 11.4 Å². The monoisotopic (exact) mass is 319 g/mol. The van der Waals surface area contributed by atoms with Gasteiger partial charge >= 0.3 is 0 Å². The SMILES string of the molecule is CCCCC[C@H](C)NC(=O)Cn1nnc(-c2cccc(F)c2)n1. The molecule has 0 aliphatic carbocycles. The van der Waals surface area contributed by atoms with Gasteiger partial charge in [0, 0.05) is 11.6 Å². The molecule has 7 heteroatoms. The molecule has 0 radical (unpaired) electrons. The third-order valence-electron chi connectivity index (χ3n) is 3.47. The first-order valence-corrected chi connectivity index (χ1v) is 7.91. The lowest BCUT2D eigenvalue weighted by molar-refractivity contribution is -0.122. The number of hydrogen-bond donors (Lipinski definition) is 1. The average molecular weight is 319 g/mol. The van der Waals surface area contributed by atoms with Crippen LogP contribution in [0.1, 0.15) is 39.5 Å². The number of halogens is 1. The molecule has 23 heavy (non-hydrogen) atoms. The molecule has 6 nitrogen and oxygen atoms in total. The van der Waals surface area contributed by atoms with Gasteiger partial charge in [-0.2, -0.15) is 4.80 Å². The minimum Gasteiger partial charge on any atom is -0.352 e. The molecule has 124 valence electrons. The first kappa shape index (κ1) is 17.1. The van der Waals surface area contributed by atoms with Crippen LogP contribution in [0, 0.1) is 5.82 Å². The van der Waals surface area contributed by atoms with E-state index in [-0.39, 0.29) is 24.3 Å². The van der Waals surface area contributed by atoms with E-state index in [1.165, 1.54) is 23.4 Å². The van der Waals surface area contributed by atoms with E-state index in [2.05, 4.69) is 27.7 Å². The van der Waals surface area contributed by atoms with Gasteiger partial charge in [0.25, 0.3) is 0 Å². The molecular weight excluding hydrogens is 297 g/mol. The molecule has 2 aromatic rings. The van der Waals surface area contributed by atoms with Gasteiger partial charge in [0.1, 0.15) is 12.4 Å². The molecule has 0 spiro atoms. The Morgan fingerprint density at radius 3 is 2.96 bits per heavy atom. The fraction of sp³-hybridized carbons (Fsp3) is 0.500. The van der Waals surface area contributed by atoms with Crippen molar-refractivity contribution < 1.29 is 9.18 Å². The van der Waals surface area contributed by atoms with E-state index in [9.17, 15) is 9.18 Å². The Balaban J connectivity index is 1.87. The van der Waals surface area contributed by atoms with E-state index < -0.39 is 0 Å². The summed E-state index contributed by atoms with van der Waals surface area (Å²) in [6.07, 6.45) is 4.39. The molecule has 1 heterocycles. The Labute approximate surface area is 135 Å². The summed E-state index contributed by atoms with van der Waals surface area (Å²) in [4.78, 5) is 13.2. The summed E-state index contributed by atoms with van der Waals surface area (Å²) >= 11 is 0. The van der Waals surface area contributed by atoms with E-state index in [0.717, 1.165) is 19.3 Å². The number of hydrogen-bond acceptors (Lipinski definition) is 4. The highest BCUT2D eigenvalue weighted by atomic mass is 19.1. The zero-order valence-electron chi connectivity index (χ0n) is 13.5. The second-order valence-electron chi connectivity index (χ2n) is 5.62. The highest BCUT2D eigenvalue weighted by Gasteiger charge is 2.11. The number of nitrogens with zero attached hydrogens (tertiary/aromatic N) is 4. The van der Waals surface area contributed by atoms with Crippen molar-refractivity contribution in [3.05, 3.63) is 30.1 Å². The third-order valence-corrected chi connectivity index (χ3v) is 3.47. The van der Waals surface area contributed by atoms with Gasteiger partial charge in [-0.1, -0.05) is 38.3 Å². The Bertz CT molecular complexity index is 643. The van der Waals surface area contributed by atoms with Crippen LogP contribution in [0.3, 0.4) is 0 Å². The number of tetrazole rings is 1. The third kappa shape index (κ3) is 5.43. The van der Waals surface area contributed by atoms with Crippen molar-refractivity contribution in [2.24, 2.45) is 0 Å². The maximum Gasteiger partial charge on any atom is 0.243 e. The Morgan fingerprint density at radius 1 is 1.39 bits per heavy atom. The van der Waals surface area contributed by atoms with Crippen LogP contribution < -0.4 is 5.32 Å². The highest BCUT2D eigenvalue weighted by molar-refractivity contribution is 5.75. The number of rotatable bonds is 8.